The summed E-state index contributed by atoms with van der Waals surface area (Å²) in [6.07, 6.45) is 0. The van der Waals surface area contributed by atoms with Crippen molar-refractivity contribution < 1.29 is 8.60 Å². The predicted octanol–water partition coefficient (Wildman–Crippen LogP) is 2.74. The molecule has 0 spiro atoms. The molecule has 0 amide bonds. The van der Waals surface area contributed by atoms with E-state index in [1.165, 1.54) is 36.4 Å². The summed E-state index contributed by atoms with van der Waals surface area (Å²) in [4.78, 5) is 0.549. The van der Waals surface area contributed by atoms with Crippen molar-refractivity contribution in [3.8, 4) is 12.1 Å². The zero-order valence-corrected chi connectivity index (χ0v) is 10.4. The van der Waals surface area contributed by atoms with Gasteiger partial charge in [-0.25, -0.2) is 8.60 Å². The van der Waals surface area contributed by atoms with Crippen LogP contribution in [-0.2, 0) is 10.8 Å². The van der Waals surface area contributed by atoms with Crippen LogP contribution in [0.2, 0.25) is 0 Å². The zero-order chi connectivity index (χ0) is 13.8. The molecule has 2 aromatic carbocycles. The third-order valence-electron chi connectivity index (χ3n) is 2.48. The molecule has 5 heteroatoms. The molecule has 0 bridgehead atoms. The maximum atomic E-state index is 13.4. The van der Waals surface area contributed by atoms with E-state index in [9.17, 15) is 8.60 Å². The minimum atomic E-state index is -1.65. The van der Waals surface area contributed by atoms with E-state index in [0.717, 1.165) is 6.07 Å². The maximum Gasteiger partial charge on any atom is 0.142 e. The Morgan fingerprint density at radius 1 is 1.00 bits per heavy atom. The summed E-state index contributed by atoms with van der Waals surface area (Å²) in [5, 5.41) is 17.6. The standard InChI is InChI=1S/C14H7FN2OS/c15-13-2-1-3-14(12(13)9-17)19(18)11-6-4-10(8-16)5-7-11/h1-7H/t19-/m1/s1. The van der Waals surface area contributed by atoms with Gasteiger partial charge in [-0.1, -0.05) is 6.07 Å². The van der Waals surface area contributed by atoms with Crippen LogP contribution in [0.1, 0.15) is 11.1 Å². The van der Waals surface area contributed by atoms with E-state index in [1.54, 1.807) is 6.07 Å². The van der Waals surface area contributed by atoms with Gasteiger partial charge >= 0.3 is 0 Å². The highest BCUT2D eigenvalue weighted by molar-refractivity contribution is 7.85. The van der Waals surface area contributed by atoms with Crippen LogP contribution >= 0.6 is 0 Å². The summed E-state index contributed by atoms with van der Waals surface area (Å²) in [6, 6.07) is 13.8. The largest absolute Gasteiger partial charge is 0.249 e. The van der Waals surface area contributed by atoms with Crippen LogP contribution in [0.4, 0.5) is 4.39 Å². The van der Waals surface area contributed by atoms with Gasteiger partial charge in [0.2, 0.25) is 0 Å². The fourth-order valence-electron chi connectivity index (χ4n) is 1.55. The lowest BCUT2D eigenvalue weighted by Gasteiger charge is -2.05. The van der Waals surface area contributed by atoms with Gasteiger partial charge in [-0.3, -0.25) is 0 Å². The SMILES string of the molecule is N#Cc1ccc([S@@](=O)c2cccc(F)c2C#N)cc1. The van der Waals surface area contributed by atoms with Gasteiger partial charge in [0.05, 0.1) is 27.3 Å². The second-order valence-corrected chi connectivity index (χ2v) is 5.08. The Kier molecular flexibility index (Phi) is 3.70. The third kappa shape index (κ3) is 2.52. The number of rotatable bonds is 2. The summed E-state index contributed by atoms with van der Waals surface area (Å²) in [5.74, 6) is -0.693. The number of nitriles is 2. The number of hydrogen-bond acceptors (Lipinski definition) is 3. The number of nitrogens with zero attached hydrogens (tertiary/aromatic N) is 2. The van der Waals surface area contributed by atoms with Crippen molar-refractivity contribution in [2.45, 2.75) is 9.79 Å². The molecule has 0 aromatic heterocycles. The molecule has 0 fully saturated rings. The maximum absolute atomic E-state index is 13.4. The number of benzene rings is 2. The molecule has 0 unspecified atom stereocenters. The highest BCUT2D eigenvalue weighted by Crippen LogP contribution is 2.22. The molecule has 2 aromatic rings. The van der Waals surface area contributed by atoms with Gasteiger partial charge < -0.3 is 0 Å². The fraction of sp³-hybridized carbons (Fsp3) is 0. The number of hydrogen-bond donors (Lipinski definition) is 0. The van der Waals surface area contributed by atoms with E-state index in [4.69, 9.17) is 10.5 Å². The Morgan fingerprint density at radius 2 is 1.68 bits per heavy atom. The summed E-state index contributed by atoms with van der Waals surface area (Å²) in [5.41, 5.74) is 0.227. The minimum absolute atomic E-state index is 0.132. The Bertz CT molecular complexity index is 727. The molecule has 1 atom stereocenters. The zero-order valence-electron chi connectivity index (χ0n) is 9.63. The van der Waals surface area contributed by atoms with E-state index >= 15 is 0 Å². The predicted molar refractivity (Wildman–Crippen MR) is 66.9 cm³/mol. The molecule has 92 valence electrons. The van der Waals surface area contributed by atoms with Crippen molar-refractivity contribution in [1.29, 1.82) is 10.5 Å². The molecule has 0 saturated heterocycles. The molecular formula is C14H7FN2OS. The topological polar surface area (TPSA) is 64.7 Å². The highest BCUT2D eigenvalue weighted by atomic mass is 32.2. The quantitative estimate of drug-likeness (QED) is 0.842. The Morgan fingerprint density at radius 3 is 2.26 bits per heavy atom. The molecule has 0 N–H and O–H groups in total. The first-order valence-electron chi connectivity index (χ1n) is 5.28. The molecule has 2 rings (SSSR count). The molecule has 0 saturated carbocycles. The average Bonchev–Trinajstić information content (AvgIpc) is 2.46. The summed E-state index contributed by atoms with van der Waals surface area (Å²) in [6.45, 7) is 0. The van der Waals surface area contributed by atoms with Gasteiger partial charge in [-0.15, -0.1) is 0 Å². The van der Waals surface area contributed by atoms with Crippen LogP contribution in [0.25, 0.3) is 0 Å². The molecular weight excluding hydrogens is 263 g/mol. The van der Waals surface area contributed by atoms with Gasteiger partial charge in [-0.2, -0.15) is 10.5 Å². The normalized spacial score (nSPS) is 11.3. The van der Waals surface area contributed by atoms with Crippen LogP contribution in [0.5, 0.6) is 0 Å². The van der Waals surface area contributed by atoms with Crippen molar-refractivity contribution in [1.82, 2.24) is 0 Å². The van der Waals surface area contributed by atoms with Crippen molar-refractivity contribution in [3.05, 3.63) is 59.4 Å². The minimum Gasteiger partial charge on any atom is -0.249 e. The summed E-state index contributed by atoms with van der Waals surface area (Å²) < 4.78 is 25.7. The fourth-order valence-corrected chi connectivity index (χ4v) is 2.72. The monoisotopic (exact) mass is 270 g/mol. The van der Waals surface area contributed by atoms with Crippen molar-refractivity contribution in [2.24, 2.45) is 0 Å². The van der Waals surface area contributed by atoms with Crippen molar-refractivity contribution in [2.75, 3.05) is 0 Å². The first kappa shape index (κ1) is 12.9. The lowest BCUT2D eigenvalue weighted by Crippen LogP contribution is -1.98. The van der Waals surface area contributed by atoms with Crippen LogP contribution in [0, 0.1) is 28.5 Å². The molecule has 3 nitrogen and oxygen atoms in total. The smallest absolute Gasteiger partial charge is 0.142 e. The Hall–Kier alpha value is -2.50. The lowest BCUT2D eigenvalue weighted by atomic mass is 10.2. The Labute approximate surface area is 112 Å². The molecule has 19 heavy (non-hydrogen) atoms. The molecule has 0 radical (unpaired) electrons. The van der Waals surface area contributed by atoms with E-state index in [1.807, 2.05) is 6.07 Å². The van der Waals surface area contributed by atoms with Gasteiger partial charge in [-0.05, 0) is 36.4 Å². The molecule has 0 aliphatic carbocycles. The second kappa shape index (κ2) is 5.43. The van der Waals surface area contributed by atoms with Crippen LogP contribution in [0.15, 0.2) is 52.3 Å². The van der Waals surface area contributed by atoms with Gasteiger partial charge in [0, 0.05) is 4.90 Å². The Balaban J connectivity index is 2.48. The van der Waals surface area contributed by atoms with Gasteiger partial charge in [0.25, 0.3) is 0 Å². The number of halogens is 1. The van der Waals surface area contributed by atoms with E-state index in [0.29, 0.717) is 10.5 Å². The van der Waals surface area contributed by atoms with Crippen molar-refractivity contribution in [3.63, 3.8) is 0 Å². The van der Waals surface area contributed by atoms with Crippen LogP contribution in [0.3, 0.4) is 0 Å². The average molecular weight is 270 g/mol. The molecule has 0 heterocycles. The lowest BCUT2D eigenvalue weighted by molar-refractivity contribution is 0.618. The van der Waals surface area contributed by atoms with Crippen molar-refractivity contribution >= 4 is 10.8 Å². The van der Waals surface area contributed by atoms with Crippen LogP contribution in [-0.4, -0.2) is 4.21 Å². The summed E-state index contributed by atoms with van der Waals surface area (Å²) >= 11 is 0. The second-order valence-electron chi connectivity index (χ2n) is 3.63. The van der Waals surface area contributed by atoms with Gasteiger partial charge in [0.1, 0.15) is 17.4 Å². The molecule has 0 aliphatic heterocycles. The first-order chi connectivity index (χ1) is 9.17. The van der Waals surface area contributed by atoms with Crippen LogP contribution < -0.4 is 0 Å². The van der Waals surface area contributed by atoms with E-state index in [-0.39, 0.29) is 10.5 Å². The van der Waals surface area contributed by atoms with E-state index in [2.05, 4.69) is 0 Å². The first-order valence-corrected chi connectivity index (χ1v) is 6.43. The summed E-state index contributed by atoms with van der Waals surface area (Å²) in [7, 11) is -1.65. The van der Waals surface area contributed by atoms with Gasteiger partial charge in [0.15, 0.2) is 0 Å². The van der Waals surface area contributed by atoms with E-state index < -0.39 is 16.6 Å². The highest BCUT2D eigenvalue weighted by Gasteiger charge is 2.15. The molecule has 0 aliphatic rings. The third-order valence-corrected chi connectivity index (χ3v) is 3.92.